The van der Waals surface area contributed by atoms with Gasteiger partial charge < -0.3 is 9.47 Å². The number of hydrogen-bond donors (Lipinski definition) is 0. The average molecular weight is 282 g/mol. The van der Waals surface area contributed by atoms with Gasteiger partial charge in [0.05, 0.1) is 6.61 Å². The summed E-state index contributed by atoms with van der Waals surface area (Å²) in [7, 11) is 0. The monoisotopic (exact) mass is 282 g/mol. The molecule has 0 heterocycles. The molecule has 20 heavy (non-hydrogen) atoms. The van der Waals surface area contributed by atoms with Crippen LogP contribution in [0, 0.1) is 11.8 Å². The van der Waals surface area contributed by atoms with Gasteiger partial charge in [-0.15, -0.1) is 0 Å². The fraction of sp³-hybridized carbons (Fsp3) is 0.875. The van der Waals surface area contributed by atoms with Crippen LogP contribution in [0.4, 0.5) is 0 Å². The Morgan fingerprint density at radius 1 is 0.950 bits per heavy atom. The third-order valence-electron chi connectivity index (χ3n) is 4.48. The number of carbonyl (C=O) groups is 2. The fourth-order valence-electron chi connectivity index (χ4n) is 3.05. The molecule has 0 amide bonds. The average Bonchev–Trinajstić information content (AvgIpc) is 2.98. The lowest BCUT2D eigenvalue weighted by atomic mass is 9.90. The molecule has 4 nitrogen and oxygen atoms in total. The molecule has 114 valence electrons. The topological polar surface area (TPSA) is 52.6 Å². The highest BCUT2D eigenvalue weighted by Crippen LogP contribution is 2.24. The zero-order valence-corrected chi connectivity index (χ0v) is 12.4. The van der Waals surface area contributed by atoms with Gasteiger partial charge in [-0.3, -0.25) is 9.59 Å². The van der Waals surface area contributed by atoms with Crippen molar-refractivity contribution in [3.8, 4) is 0 Å². The van der Waals surface area contributed by atoms with Crippen molar-refractivity contribution in [3.63, 3.8) is 0 Å². The van der Waals surface area contributed by atoms with Crippen LogP contribution in [-0.2, 0) is 19.1 Å². The van der Waals surface area contributed by atoms with Crippen LogP contribution < -0.4 is 0 Å². The highest BCUT2D eigenvalue weighted by molar-refractivity contribution is 5.94. The molecule has 2 aliphatic carbocycles. The Balaban J connectivity index is 1.68. The van der Waals surface area contributed by atoms with E-state index in [0.717, 1.165) is 38.5 Å². The molecule has 0 aromatic carbocycles. The van der Waals surface area contributed by atoms with E-state index in [9.17, 15) is 9.59 Å². The first-order valence-electron chi connectivity index (χ1n) is 8.04. The molecule has 2 rings (SSSR count). The molecule has 1 atom stereocenters. The smallest absolute Gasteiger partial charge is 0.320 e. The highest BCUT2D eigenvalue weighted by atomic mass is 16.6. The van der Waals surface area contributed by atoms with E-state index in [1.165, 1.54) is 19.3 Å². The van der Waals surface area contributed by atoms with Gasteiger partial charge >= 0.3 is 11.9 Å². The lowest BCUT2D eigenvalue weighted by Crippen LogP contribution is -2.29. The first-order valence-corrected chi connectivity index (χ1v) is 8.04. The van der Waals surface area contributed by atoms with Crippen LogP contribution >= 0.6 is 0 Å². The Bertz CT molecular complexity index is 327. The second kappa shape index (κ2) is 7.65. The number of rotatable bonds is 5. The van der Waals surface area contributed by atoms with Gasteiger partial charge in [-0.05, 0) is 51.4 Å². The van der Waals surface area contributed by atoms with E-state index >= 15 is 0 Å². The molecule has 4 heteroatoms. The Kier molecular flexibility index (Phi) is 5.86. The molecule has 0 spiro atoms. The van der Waals surface area contributed by atoms with E-state index in [1.807, 2.05) is 0 Å². The minimum atomic E-state index is -0.792. The molecule has 0 aliphatic heterocycles. The van der Waals surface area contributed by atoms with Gasteiger partial charge in [0.15, 0.2) is 5.92 Å². The summed E-state index contributed by atoms with van der Waals surface area (Å²) in [5.74, 6) is -1.17. The van der Waals surface area contributed by atoms with Gasteiger partial charge in [0.1, 0.15) is 6.10 Å². The fourth-order valence-corrected chi connectivity index (χ4v) is 3.05. The Labute approximate surface area is 121 Å². The zero-order valence-electron chi connectivity index (χ0n) is 12.4. The van der Waals surface area contributed by atoms with Crippen LogP contribution in [0.5, 0.6) is 0 Å². The standard InChI is InChI=1S/C16H26O4/c1-12(16(18)20-14-9-5-6-10-14)15(17)19-11-13-7-3-2-4-8-13/h12-14H,2-11H2,1H3. The Morgan fingerprint density at radius 3 is 2.20 bits per heavy atom. The van der Waals surface area contributed by atoms with Crippen molar-refractivity contribution in [1.82, 2.24) is 0 Å². The Morgan fingerprint density at radius 2 is 1.55 bits per heavy atom. The summed E-state index contributed by atoms with van der Waals surface area (Å²) in [5.41, 5.74) is 0. The van der Waals surface area contributed by atoms with Crippen molar-refractivity contribution in [2.45, 2.75) is 70.8 Å². The molecule has 2 aliphatic rings. The molecule has 1 unspecified atom stereocenters. The summed E-state index contributed by atoms with van der Waals surface area (Å²) in [4.78, 5) is 23.7. The Hall–Kier alpha value is -1.06. The minimum Gasteiger partial charge on any atom is -0.465 e. The quantitative estimate of drug-likeness (QED) is 0.574. The number of hydrogen-bond acceptors (Lipinski definition) is 4. The molecular formula is C16H26O4. The summed E-state index contributed by atoms with van der Waals surface area (Å²) < 4.78 is 10.6. The van der Waals surface area contributed by atoms with Gasteiger partial charge in [-0.2, -0.15) is 0 Å². The lowest BCUT2D eigenvalue weighted by Gasteiger charge is -2.22. The first-order chi connectivity index (χ1) is 9.66. The molecule has 2 saturated carbocycles. The third-order valence-corrected chi connectivity index (χ3v) is 4.48. The van der Waals surface area contributed by atoms with E-state index in [1.54, 1.807) is 6.92 Å². The van der Waals surface area contributed by atoms with E-state index in [-0.39, 0.29) is 6.10 Å². The van der Waals surface area contributed by atoms with E-state index < -0.39 is 17.9 Å². The van der Waals surface area contributed by atoms with Crippen LogP contribution in [0.1, 0.15) is 64.7 Å². The maximum atomic E-state index is 11.9. The number of ether oxygens (including phenoxy) is 2. The molecule has 0 aromatic heterocycles. The molecule has 0 bridgehead atoms. The van der Waals surface area contributed by atoms with Crippen LogP contribution in [0.3, 0.4) is 0 Å². The molecule has 0 aromatic rings. The summed E-state index contributed by atoms with van der Waals surface area (Å²) in [5, 5.41) is 0. The van der Waals surface area contributed by atoms with Crippen LogP contribution in [0.15, 0.2) is 0 Å². The van der Waals surface area contributed by atoms with Gasteiger partial charge in [-0.1, -0.05) is 19.3 Å². The van der Waals surface area contributed by atoms with Gasteiger partial charge in [0.2, 0.25) is 0 Å². The number of carbonyl (C=O) groups excluding carboxylic acids is 2. The van der Waals surface area contributed by atoms with E-state index in [2.05, 4.69) is 0 Å². The highest BCUT2D eigenvalue weighted by Gasteiger charge is 2.29. The van der Waals surface area contributed by atoms with Crippen molar-refractivity contribution in [3.05, 3.63) is 0 Å². The summed E-state index contributed by atoms with van der Waals surface area (Å²) in [6, 6.07) is 0. The van der Waals surface area contributed by atoms with Crippen molar-refractivity contribution in [2.75, 3.05) is 6.61 Å². The maximum Gasteiger partial charge on any atom is 0.320 e. The zero-order chi connectivity index (χ0) is 14.4. The van der Waals surface area contributed by atoms with E-state index in [0.29, 0.717) is 12.5 Å². The van der Waals surface area contributed by atoms with Crippen molar-refractivity contribution < 1.29 is 19.1 Å². The molecule has 0 saturated heterocycles. The lowest BCUT2D eigenvalue weighted by molar-refractivity contribution is -0.165. The van der Waals surface area contributed by atoms with Crippen LogP contribution in [0.25, 0.3) is 0 Å². The summed E-state index contributed by atoms with van der Waals surface area (Å²) >= 11 is 0. The van der Waals surface area contributed by atoms with E-state index in [4.69, 9.17) is 9.47 Å². The third kappa shape index (κ3) is 4.50. The SMILES string of the molecule is CC(C(=O)OCC1CCCCC1)C(=O)OC1CCCC1. The van der Waals surface area contributed by atoms with Crippen molar-refractivity contribution >= 4 is 11.9 Å². The molecular weight excluding hydrogens is 256 g/mol. The van der Waals surface area contributed by atoms with Crippen molar-refractivity contribution in [1.29, 1.82) is 0 Å². The largest absolute Gasteiger partial charge is 0.465 e. The van der Waals surface area contributed by atoms with Crippen molar-refractivity contribution in [2.24, 2.45) is 11.8 Å². The summed E-state index contributed by atoms with van der Waals surface area (Å²) in [6.07, 6.45) is 10.1. The normalized spacial score (nSPS) is 22.4. The molecule has 2 fully saturated rings. The molecule has 0 N–H and O–H groups in total. The van der Waals surface area contributed by atoms with Gasteiger partial charge in [-0.25, -0.2) is 0 Å². The summed E-state index contributed by atoms with van der Waals surface area (Å²) in [6.45, 7) is 2.04. The van der Waals surface area contributed by atoms with Gasteiger partial charge in [0, 0.05) is 0 Å². The van der Waals surface area contributed by atoms with Gasteiger partial charge in [0.25, 0.3) is 0 Å². The second-order valence-electron chi connectivity index (χ2n) is 6.20. The first kappa shape index (κ1) is 15.3. The maximum absolute atomic E-state index is 11.9. The predicted octanol–water partition coefficient (Wildman–Crippen LogP) is 3.23. The predicted molar refractivity (Wildman–Crippen MR) is 75.0 cm³/mol. The number of esters is 2. The minimum absolute atomic E-state index is 0.0103. The van der Waals surface area contributed by atoms with Crippen LogP contribution in [0.2, 0.25) is 0 Å². The molecule has 0 radical (unpaired) electrons. The van der Waals surface area contributed by atoms with Crippen LogP contribution in [-0.4, -0.2) is 24.6 Å². The second-order valence-corrected chi connectivity index (χ2v) is 6.20.